The van der Waals surface area contributed by atoms with Gasteiger partial charge in [0.2, 0.25) is 5.91 Å². The highest BCUT2D eigenvalue weighted by molar-refractivity contribution is 5.94. The summed E-state index contributed by atoms with van der Waals surface area (Å²) in [7, 11) is 0. The van der Waals surface area contributed by atoms with Crippen molar-refractivity contribution in [2.75, 3.05) is 18.0 Å². The first-order valence-electron chi connectivity index (χ1n) is 7.47. The molecule has 0 aliphatic carbocycles. The number of nitrogens with zero attached hydrogens (tertiary/aromatic N) is 1. The van der Waals surface area contributed by atoms with Gasteiger partial charge in [-0.25, -0.2) is 0 Å². The molecule has 1 amide bonds. The molecule has 0 radical (unpaired) electrons. The maximum absolute atomic E-state index is 12.5. The average Bonchev–Trinajstić information content (AvgIpc) is 2.39. The smallest absolute Gasteiger partial charge is 0.226 e. The first-order chi connectivity index (χ1) is 9.41. The number of para-hydroxylation sites is 1. The molecule has 0 aromatic heterocycles. The third-order valence-corrected chi connectivity index (χ3v) is 3.86. The van der Waals surface area contributed by atoms with Gasteiger partial charge < -0.3 is 10.6 Å². The number of carbonyl (C=O) groups is 1. The van der Waals surface area contributed by atoms with E-state index in [4.69, 9.17) is 5.73 Å². The third kappa shape index (κ3) is 4.64. The van der Waals surface area contributed by atoms with Crippen LogP contribution in [-0.4, -0.2) is 19.0 Å². The van der Waals surface area contributed by atoms with E-state index in [1.54, 1.807) is 0 Å². The van der Waals surface area contributed by atoms with Crippen molar-refractivity contribution in [1.29, 1.82) is 0 Å². The van der Waals surface area contributed by atoms with Crippen LogP contribution >= 0.6 is 0 Å². The van der Waals surface area contributed by atoms with Crippen molar-refractivity contribution in [2.45, 2.75) is 47.0 Å². The lowest BCUT2D eigenvalue weighted by atomic mass is 9.84. The van der Waals surface area contributed by atoms with E-state index in [0.29, 0.717) is 19.5 Å². The van der Waals surface area contributed by atoms with Gasteiger partial charge in [-0.3, -0.25) is 4.79 Å². The van der Waals surface area contributed by atoms with Crippen LogP contribution in [0.4, 0.5) is 5.69 Å². The van der Waals surface area contributed by atoms with E-state index in [1.807, 2.05) is 43.0 Å². The van der Waals surface area contributed by atoms with Crippen molar-refractivity contribution in [3.63, 3.8) is 0 Å². The monoisotopic (exact) mass is 276 g/mol. The van der Waals surface area contributed by atoms with E-state index in [-0.39, 0.29) is 11.3 Å². The first-order valence-corrected chi connectivity index (χ1v) is 7.47. The van der Waals surface area contributed by atoms with Gasteiger partial charge in [-0.1, -0.05) is 32.0 Å². The number of aryl methyl sites for hydroxylation is 1. The zero-order chi connectivity index (χ0) is 15.2. The summed E-state index contributed by atoms with van der Waals surface area (Å²) in [5, 5.41) is 0. The number of amides is 1. The lowest BCUT2D eigenvalue weighted by Gasteiger charge is -2.27. The molecule has 0 saturated carbocycles. The Hall–Kier alpha value is -1.35. The molecule has 1 rings (SSSR count). The summed E-state index contributed by atoms with van der Waals surface area (Å²) in [5.41, 5.74) is 7.92. The van der Waals surface area contributed by atoms with E-state index in [0.717, 1.165) is 24.1 Å². The number of nitrogens with two attached hydrogens (primary N) is 1. The van der Waals surface area contributed by atoms with Crippen molar-refractivity contribution in [2.24, 2.45) is 11.1 Å². The molecule has 0 fully saturated rings. The highest BCUT2D eigenvalue weighted by Gasteiger charge is 2.21. The van der Waals surface area contributed by atoms with Crippen LogP contribution in [0.15, 0.2) is 24.3 Å². The van der Waals surface area contributed by atoms with E-state index < -0.39 is 0 Å². The largest absolute Gasteiger partial charge is 0.330 e. The molecular formula is C17H28N2O. The third-order valence-electron chi connectivity index (χ3n) is 3.86. The molecule has 0 atom stereocenters. The quantitative estimate of drug-likeness (QED) is 0.828. The number of benzene rings is 1. The van der Waals surface area contributed by atoms with Gasteiger partial charge in [0.05, 0.1) is 0 Å². The minimum atomic E-state index is 0.134. The molecule has 0 aliphatic heterocycles. The van der Waals surface area contributed by atoms with Crippen LogP contribution in [0.3, 0.4) is 0 Å². The van der Waals surface area contributed by atoms with Gasteiger partial charge in [-0.2, -0.15) is 0 Å². The van der Waals surface area contributed by atoms with Crippen LogP contribution in [0.2, 0.25) is 0 Å². The van der Waals surface area contributed by atoms with Crippen LogP contribution in [0.1, 0.15) is 45.6 Å². The van der Waals surface area contributed by atoms with Gasteiger partial charge in [-0.05, 0) is 50.3 Å². The SMILES string of the molecule is CCN(C(=O)CCC(C)(C)CCN)c1ccccc1C. The van der Waals surface area contributed by atoms with Crippen LogP contribution < -0.4 is 10.6 Å². The normalized spacial score (nSPS) is 11.4. The van der Waals surface area contributed by atoms with Gasteiger partial charge in [0.25, 0.3) is 0 Å². The Morgan fingerprint density at radius 1 is 1.25 bits per heavy atom. The lowest BCUT2D eigenvalue weighted by Crippen LogP contribution is -2.32. The lowest BCUT2D eigenvalue weighted by molar-refractivity contribution is -0.119. The Bertz CT molecular complexity index is 440. The van der Waals surface area contributed by atoms with Crippen molar-refractivity contribution in [3.05, 3.63) is 29.8 Å². The molecule has 0 spiro atoms. The van der Waals surface area contributed by atoms with Gasteiger partial charge in [0.1, 0.15) is 0 Å². The van der Waals surface area contributed by atoms with Crippen molar-refractivity contribution in [1.82, 2.24) is 0 Å². The second kappa shape index (κ2) is 7.44. The summed E-state index contributed by atoms with van der Waals surface area (Å²) < 4.78 is 0. The fraction of sp³-hybridized carbons (Fsp3) is 0.588. The maximum Gasteiger partial charge on any atom is 0.226 e. The molecule has 20 heavy (non-hydrogen) atoms. The summed E-state index contributed by atoms with van der Waals surface area (Å²) in [4.78, 5) is 14.4. The average molecular weight is 276 g/mol. The molecule has 2 N–H and O–H groups in total. The first kappa shape index (κ1) is 16.7. The van der Waals surface area contributed by atoms with Crippen molar-refractivity contribution >= 4 is 11.6 Å². The topological polar surface area (TPSA) is 46.3 Å². The summed E-state index contributed by atoms with van der Waals surface area (Å²) in [5.74, 6) is 0.201. The number of hydrogen-bond donors (Lipinski definition) is 1. The van der Waals surface area contributed by atoms with Crippen molar-refractivity contribution < 1.29 is 4.79 Å². The van der Waals surface area contributed by atoms with Crippen molar-refractivity contribution in [3.8, 4) is 0 Å². The molecule has 1 aromatic rings. The Balaban J connectivity index is 2.72. The second-order valence-electron chi connectivity index (χ2n) is 6.13. The van der Waals surface area contributed by atoms with Gasteiger partial charge in [0.15, 0.2) is 0 Å². The minimum absolute atomic E-state index is 0.134. The van der Waals surface area contributed by atoms with Gasteiger partial charge in [-0.15, -0.1) is 0 Å². The van der Waals surface area contributed by atoms with Gasteiger partial charge >= 0.3 is 0 Å². The fourth-order valence-electron chi connectivity index (χ4n) is 2.44. The molecule has 3 nitrogen and oxygen atoms in total. The van der Waals surface area contributed by atoms with E-state index >= 15 is 0 Å². The molecule has 0 unspecified atom stereocenters. The summed E-state index contributed by atoms with van der Waals surface area (Å²) in [6, 6.07) is 8.05. The van der Waals surface area contributed by atoms with Crippen LogP contribution in [0.5, 0.6) is 0 Å². The van der Waals surface area contributed by atoms with E-state index in [9.17, 15) is 4.79 Å². The predicted molar refractivity (Wildman–Crippen MR) is 85.9 cm³/mol. The van der Waals surface area contributed by atoms with Crippen LogP contribution in [-0.2, 0) is 4.79 Å². The molecule has 0 bridgehead atoms. The highest BCUT2D eigenvalue weighted by Crippen LogP contribution is 2.27. The summed E-state index contributed by atoms with van der Waals surface area (Å²) in [6.45, 7) is 9.81. The fourth-order valence-corrected chi connectivity index (χ4v) is 2.44. The second-order valence-corrected chi connectivity index (χ2v) is 6.13. The number of anilines is 1. The minimum Gasteiger partial charge on any atom is -0.330 e. The zero-order valence-electron chi connectivity index (χ0n) is 13.3. The Morgan fingerprint density at radius 2 is 1.90 bits per heavy atom. The van der Waals surface area contributed by atoms with E-state index in [1.165, 1.54) is 0 Å². The standard InChI is InChI=1S/C17H28N2O/c1-5-19(15-9-7-6-8-14(15)2)16(20)10-11-17(3,4)12-13-18/h6-9H,5,10-13,18H2,1-4H3. The molecule has 0 saturated heterocycles. The molecular weight excluding hydrogens is 248 g/mol. The Kier molecular flexibility index (Phi) is 6.21. The number of hydrogen-bond acceptors (Lipinski definition) is 2. The Labute approximate surface area is 123 Å². The highest BCUT2D eigenvalue weighted by atomic mass is 16.2. The maximum atomic E-state index is 12.5. The summed E-state index contributed by atoms with van der Waals surface area (Å²) in [6.07, 6.45) is 2.41. The Morgan fingerprint density at radius 3 is 2.45 bits per heavy atom. The predicted octanol–water partition coefficient (Wildman–Crippen LogP) is 3.50. The van der Waals surface area contributed by atoms with Gasteiger partial charge in [0, 0.05) is 18.7 Å². The molecule has 0 heterocycles. The molecule has 0 aliphatic rings. The molecule has 112 valence electrons. The summed E-state index contributed by atoms with van der Waals surface area (Å²) >= 11 is 0. The molecule has 3 heteroatoms. The number of carbonyl (C=O) groups excluding carboxylic acids is 1. The van der Waals surface area contributed by atoms with Crippen LogP contribution in [0.25, 0.3) is 0 Å². The van der Waals surface area contributed by atoms with E-state index in [2.05, 4.69) is 13.8 Å². The molecule has 1 aromatic carbocycles. The number of rotatable bonds is 7. The van der Waals surface area contributed by atoms with Crippen LogP contribution in [0, 0.1) is 12.3 Å². The zero-order valence-corrected chi connectivity index (χ0v) is 13.3.